The molecule has 1 unspecified atom stereocenters. The molecule has 0 saturated carbocycles. The predicted molar refractivity (Wildman–Crippen MR) is 80.0 cm³/mol. The summed E-state index contributed by atoms with van der Waals surface area (Å²) in [5.41, 5.74) is 8.16. The Labute approximate surface area is 126 Å². The molecule has 102 valence electrons. The number of benzene rings is 1. The Hall–Kier alpha value is -1.90. The second-order valence-corrected chi connectivity index (χ2v) is 5.34. The van der Waals surface area contributed by atoms with Crippen LogP contribution in [-0.4, -0.2) is 4.98 Å². The number of pyridine rings is 1. The number of aromatic nitrogens is 1. The fourth-order valence-corrected chi connectivity index (χ4v) is 2.14. The first-order valence-electron chi connectivity index (χ1n) is 6.13. The second kappa shape index (κ2) is 6.51. The number of nitriles is 1. The van der Waals surface area contributed by atoms with Crippen molar-refractivity contribution in [3.63, 3.8) is 0 Å². The maximum absolute atomic E-state index is 8.82. The molecule has 0 radical (unpaired) electrons. The molecule has 1 aromatic heterocycles. The van der Waals surface area contributed by atoms with Crippen molar-refractivity contribution in [3.05, 3.63) is 57.8 Å². The molecular formula is C15H14BrN3O. The van der Waals surface area contributed by atoms with Gasteiger partial charge in [-0.15, -0.1) is 0 Å². The molecule has 0 fully saturated rings. The summed E-state index contributed by atoms with van der Waals surface area (Å²) < 4.78 is 6.75. The van der Waals surface area contributed by atoms with Crippen LogP contribution < -0.4 is 10.5 Å². The lowest BCUT2D eigenvalue weighted by atomic mass is 10.1. The number of ether oxygens (including phenoxy) is 1. The quantitative estimate of drug-likeness (QED) is 0.932. The van der Waals surface area contributed by atoms with E-state index in [-0.39, 0.29) is 6.04 Å². The third-order valence-corrected chi connectivity index (χ3v) is 3.29. The average molecular weight is 332 g/mol. The van der Waals surface area contributed by atoms with Crippen LogP contribution in [0.1, 0.15) is 29.8 Å². The van der Waals surface area contributed by atoms with Gasteiger partial charge in [0.2, 0.25) is 0 Å². The van der Waals surface area contributed by atoms with E-state index >= 15 is 0 Å². The smallest absolute Gasteiger partial charge is 0.140 e. The van der Waals surface area contributed by atoms with Gasteiger partial charge in [-0.25, -0.2) is 4.98 Å². The Bertz CT molecular complexity index is 650. The molecule has 1 heterocycles. The molecule has 2 rings (SSSR count). The van der Waals surface area contributed by atoms with Crippen LogP contribution in [0.25, 0.3) is 0 Å². The third-order valence-electron chi connectivity index (χ3n) is 2.80. The van der Waals surface area contributed by atoms with E-state index in [1.54, 1.807) is 12.3 Å². The number of hydrogen-bond donors (Lipinski definition) is 1. The van der Waals surface area contributed by atoms with Crippen LogP contribution in [-0.2, 0) is 6.61 Å². The van der Waals surface area contributed by atoms with Crippen molar-refractivity contribution < 1.29 is 4.74 Å². The zero-order valence-corrected chi connectivity index (χ0v) is 12.6. The zero-order valence-electron chi connectivity index (χ0n) is 11.0. The number of rotatable bonds is 4. The van der Waals surface area contributed by atoms with Gasteiger partial charge in [0, 0.05) is 22.3 Å². The average Bonchev–Trinajstić information content (AvgIpc) is 2.45. The molecule has 0 aliphatic heterocycles. The van der Waals surface area contributed by atoms with Gasteiger partial charge in [-0.3, -0.25) is 0 Å². The summed E-state index contributed by atoms with van der Waals surface area (Å²) >= 11 is 3.42. The SMILES string of the molecule is CC(N)c1ccc(Br)cc1OCc1ccnc(C#N)c1. The van der Waals surface area contributed by atoms with Gasteiger partial charge in [0.1, 0.15) is 24.1 Å². The van der Waals surface area contributed by atoms with Gasteiger partial charge in [0.25, 0.3) is 0 Å². The van der Waals surface area contributed by atoms with Gasteiger partial charge in [0.15, 0.2) is 0 Å². The normalized spacial score (nSPS) is 11.7. The molecule has 0 bridgehead atoms. The van der Waals surface area contributed by atoms with Crippen molar-refractivity contribution in [1.82, 2.24) is 4.98 Å². The van der Waals surface area contributed by atoms with Gasteiger partial charge in [-0.05, 0) is 36.8 Å². The van der Waals surface area contributed by atoms with Gasteiger partial charge >= 0.3 is 0 Å². The van der Waals surface area contributed by atoms with Crippen LogP contribution in [0.15, 0.2) is 41.0 Å². The van der Waals surface area contributed by atoms with Crippen LogP contribution in [0, 0.1) is 11.3 Å². The molecule has 0 aliphatic rings. The minimum absolute atomic E-state index is 0.106. The molecule has 20 heavy (non-hydrogen) atoms. The second-order valence-electron chi connectivity index (χ2n) is 4.42. The van der Waals surface area contributed by atoms with E-state index in [4.69, 9.17) is 15.7 Å². The van der Waals surface area contributed by atoms with Gasteiger partial charge < -0.3 is 10.5 Å². The summed E-state index contributed by atoms with van der Waals surface area (Å²) in [7, 11) is 0. The molecule has 4 nitrogen and oxygen atoms in total. The summed E-state index contributed by atoms with van der Waals surface area (Å²) in [5, 5.41) is 8.82. The molecule has 0 spiro atoms. The Balaban J connectivity index is 2.18. The molecule has 2 N–H and O–H groups in total. The number of nitrogens with two attached hydrogens (primary N) is 1. The van der Waals surface area contributed by atoms with Crippen LogP contribution in [0.4, 0.5) is 0 Å². The van der Waals surface area contributed by atoms with E-state index in [9.17, 15) is 0 Å². The molecule has 2 aromatic rings. The van der Waals surface area contributed by atoms with E-state index in [1.807, 2.05) is 37.3 Å². The Morgan fingerprint density at radius 3 is 2.90 bits per heavy atom. The van der Waals surface area contributed by atoms with Crippen molar-refractivity contribution in [2.75, 3.05) is 0 Å². The summed E-state index contributed by atoms with van der Waals surface area (Å²) in [5.74, 6) is 0.740. The molecule has 5 heteroatoms. The minimum atomic E-state index is -0.106. The third kappa shape index (κ3) is 3.56. The van der Waals surface area contributed by atoms with Crippen molar-refractivity contribution in [2.24, 2.45) is 5.73 Å². The van der Waals surface area contributed by atoms with E-state index in [0.29, 0.717) is 12.3 Å². The molecule has 0 saturated heterocycles. The fourth-order valence-electron chi connectivity index (χ4n) is 1.80. The van der Waals surface area contributed by atoms with Crippen LogP contribution in [0.5, 0.6) is 5.75 Å². The first-order valence-corrected chi connectivity index (χ1v) is 6.92. The summed E-state index contributed by atoms with van der Waals surface area (Å²) in [6.45, 7) is 2.28. The zero-order chi connectivity index (χ0) is 14.5. The lowest BCUT2D eigenvalue weighted by Crippen LogP contribution is -2.08. The highest BCUT2D eigenvalue weighted by molar-refractivity contribution is 9.10. The van der Waals surface area contributed by atoms with E-state index in [0.717, 1.165) is 21.3 Å². The maximum Gasteiger partial charge on any atom is 0.140 e. The number of halogens is 1. The Kier molecular flexibility index (Phi) is 4.72. The largest absolute Gasteiger partial charge is 0.489 e. The molecule has 0 aliphatic carbocycles. The Morgan fingerprint density at radius 2 is 2.20 bits per heavy atom. The standard InChI is InChI=1S/C15H14BrN3O/c1-10(18)14-3-2-12(16)7-15(14)20-9-11-4-5-19-13(6-11)8-17/h2-7,10H,9,18H2,1H3. The molecular weight excluding hydrogens is 318 g/mol. The van der Waals surface area contributed by atoms with E-state index in [1.165, 1.54) is 0 Å². The number of hydrogen-bond acceptors (Lipinski definition) is 4. The van der Waals surface area contributed by atoms with Crippen LogP contribution in [0.3, 0.4) is 0 Å². The summed E-state index contributed by atoms with van der Waals surface area (Å²) in [6.07, 6.45) is 1.60. The predicted octanol–water partition coefficient (Wildman–Crippen LogP) is 3.31. The topological polar surface area (TPSA) is 71.9 Å². The lowest BCUT2D eigenvalue weighted by Gasteiger charge is -2.14. The highest BCUT2D eigenvalue weighted by Crippen LogP contribution is 2.28. The van der Waals surface area contributed by atoms with Crippen molar-refractivity contribution in [1.29, 1.82) is 5.26 Å². The molecule has 1 atom stereocenters. The lowest BCUT2D eigenvalue weighted by molar-refractivity contribution is 0.301. The van der Waals surface area contributed by atoms with Crippen molar-refractivity contribution in [2.45, 2.75) is 19.6 Å². The highest BCUT2D eigenvalue weighted by Gasteiger charge is 2.09. The van der Waals surface area contributed by atoms with Crippen molar-refractivity contribution >= 4 is 15.9 Å². The van der Waals surface area contributed by atoms with Gasteiger partial charge in [-0.1, -0.05) is 22.0 Å². The minimum Gasteiger partial charge on any atom is -0.489 e. The monoisotopic (exact) mass is 331 g/mol. The highest BCUT2D eigenvalue weighted by atomic mass is 79.9. The summed E-state index contributed by atoms with van der Waals surface area (Å²) in [6, 6.07) is 11.2. The van der Waals surface area contributed by atoms with Crippen molar-refractivity contribution in [3.8, 4) is 11.8 Å². The fraction of sp³-hybridized carbons (Fsp3) is 0.200. The summed E-state index contributed by atoms with van der Waals surface area (Å²) in [4.78, 5) is 3.93. The van der Waals surface area contributed by atoms with E-state index < -0.39 is 0 Å². The van der Waals surface area contributed by atoms with Crippen LogP contribution >= 0.6 is 15.9 Å². The van der Waals surface area contributed by atoms with Gasteiger partial charge in [0.05, 0.1) is 0 Å². The van der Waals surface area contributed by atoms with E-state index in [2.05, 4.69) is 20.9 Å². The molecule has 1 aromatic carbocycles. The number of nitrogens with zero attached hydrogens (tertiary/aromatic N) is 2. The first-order chi connectivity index (χ1) is 9.60. The molecule has 0 amide bonds. The Morgan fingerprint density at radius 1 is 1.40 bits per heavy atom. The van der Waals surface area contributed by atoms with Gasteiger partial charge in [-0.2, -0.15) is 5.26 Å². The van der Waals surface area contributed by atoms with Crippen LogP contribution in [0.2, 0.25) is 0 Å². The first kappa shape index (κ1) is 14.5. The maximum atomic E-state index is 8.82.